The van der Waals surface area contributed by atoms with Crippen LogP contribution in [0.3, 0.4) is 0 Å². The quantitative estimate of drug-likeness (QED) is 0.231. The van der Waals surface area contributed by atoms with Crippen molar-refractivity contribution in [1.82, 2.24) is 0 Å². The van der Waals surface area contributed by atoms with Crippen LogP contribution in [0.15, 0.2) is 84.2 Å². The number of hydrogen-bond acceptors (Lipinski definition) is 6. The van der Waals surface area contributed by atoms with Crippen molar-refractivity contribution in [3.05, 3.63) is 101 Å². The molecule has 1 atom stereocenters. The second-order valence-electron chi connectivity index (χ2n) is 10.1. The Balaban J connectivity index is 1.76. The Morgan fingerprint density at radius 2 is 1.68 bits per heavy atom. The molecule has 1 aliphatic heterocycles. The summed E-state index contributed by atoms with van der Waals surface area (Å²) >= 11 is 0. The number of quaternary nitrogens is 1. The van der Waals surface area contributed by atoms with Gasteiger partial charge in [0.2, 0.25) is 0 Å². The Kier molecular flexibility index (Phi) is 9.84. The Bertz CT molecular complexity index is 1400. The van der Waals surface area contributed by atoms with E-state index in [1.807, 2.05) is 18.2 Å². The fourth-order valence-corrected chi connectivity index (χ4v) is 5.35. The van der Waals surface area contributed by atoms with Crippen molar-refractivity contribution in [2.24, 2.45) is 0 Å². The van der Waals surface area contributed by atoms with Gasteiger partial charge in [0.1, 0.15) is 30.8 Å². The van der Waals surface area contributed by atoms with Crippen LogP contribution in [-0.4, -0.2) is 57.4 Å². The van der Waals surface area contributed by atoms with Gasteiger partial charge in [0.05, 0.1) is 18.7 Å². The zero-order valence-electron chi connectivity index (χ0n) is 24.8. The van der Waals surface area contributed by atoms with Crippen LogP contribution in [0.25, 0.3) is 5.57 Å². The average Bonchev–Trinajstić information content (AvgIpc) is 2.99. The Morgan fingerprint density at radius 3 is 2.37 bits per heavy atom. The third kappa shape index (κ3) is 6.46. The second kappa shape index (κ2) is 13.5. The van der Waals surface area contributed by atoms with Crippen molar-refractivity contribution >= 4 is 23.2 Å². The summed E-state index contributed by atoms with van der Waals surface area (Å²) in [6.07, 6.45) is 6.54. The molecule has 7 heteroatoms. The number of nitrogens with zero attached hydrogens (tertiary/aromatic N) is 1. The summed E-state index contributed by atoms with van der Waals surface area (Å²) in [6, 6.07) is 13.9. The Hall–Kier alpha value is -4.10. The van der Waals surface area contributed by atoms with Crippen LogP contribution in [-0.2, 0) is 14.3 Å². The van der Waals surface area contributed by atoms with E-state index in [0.29, 0.717) is 11.1 Å². The standard InChI is InChI=1S/C34H40N2O5/c1-7-35(8-2)24-15-17-28-30(21-24)41-31-22-25(36(9-3)10-4)16-18-29(31)32(28)26-13-11-12-14-27(26)34(38)40-20-19-39-33(37)23(5)6/h11-18,21-22,24H,5,7-10,19-20H2,1-4,6H3/p+1. The van der Waals surface area contributed by atoms with E-state index in [2.05, 4.69) is 75.6 Å². The fraction of sp³-hybridized carbons (Fsp3) is 0.353. The van der Waals surface area contributed by atoms with Gasteiger partial charge in [0.15, 0.2) is 0 Å². The summed E-state index contributed by atoms with van der Waals surface area (Å²) < 4.78 is 17.2. The van der Waals surface area contributed by atoms with Crippen molar-refractivity contribution in [2.75, 3.05) is 44.3 Å². The van der Waals surface area contributed by atoms with Crippen molar-refractivity contribution in [1.29, 1.82) is 0 Å². The number of likely N-dealkylation sites (N-methyl/N-ethyl adjacent to an activating group) is 1. The topological polar surface area (TPSA) is 69.5 Å². The van der Waals surface area contributed by atoms with Gasteiger partial charge in [-0.1, -0.05) is 24.8 Å². The summed E-state index contributed by atoms with van der Waals surface area (Å²) in [5.41, 5.74) is 5.36. The van der Waals surface area contributed by atoms with Crippen LogP contribution >= 0.6 is 0 Å². The molecule has 2 aromatic rings. The minimum Gasteiger partial charge on any atom is -0.459 e. The molecule has 0 saturated carbocycles. The van der Waals surface area contributed by atoms with Crippen molar-refractivity contribution in [3.63, 3.8) is 0 Å². The van der Waals surface area contributed by atoms with Gasteiger partial charge in [-0.2, -0.15) is 0 Å². The minimum absolute atomic E-state index is 0.0386. The Morgan fingerprint density at radius 1 is 0.976 bits per heavy atom. The van der Waals surface area contributed by atoms with Crippen molar-refractivity contribution in [3.8, 4) is 5.75 Å². The monoisotopic (exact) mass is 557 g/mol. The molecule has 0 amide bonds. The molecule has 0 bridgehead atoms. The number of carbonyl (C=O) groups excluding carboxylic acids is 2. The largest absolute Gasteiger partial charge is 0.459 e. The average molecular weight is 558 g/mol. The smallest absolute Gasteiger partial charge is 0.338 e. The minimum atomic E-state index is -0.510. The first-order chi connectivity index (χ1) is 19.8. The summed E-state index contributed by atoms with van der Waals surface area (Å²) in [6.45, 7) is 17.5. The number of anilines is 1. The number of rotatable bonds is 12. The zero-order valence-corrected chi connectivity index (χ0v) is 24.8. The van der Waals surface area contributed by atoms with Gasteiger partial charge in [-0.3, -0.25) is 0 Å². The highest BCUT2D eigenvalue weighted by atomic mass is 16.6. The van der Waals surface area contributed by atoms with Crippen LogP contribution < -0.4 is 14.5 Å². The number of nitrogens with one attached hydrogen (secondary N) is 1. The third-order valence-corrected chi connectivity index (χ3v) is 7.61. The van der Waals surface area contributed by atoms with Crippen molar-refractivity contribution < 1.29 is 28.7 Å². The molecule has 7 nitrogen and oxygen atoms in total. The Labute approximate surface area is 243 Å². The van der Waals surface area contributed by atoms with Crippen LogP contribution in [0.1, 0.15) is 56.1 Å². The van der Waals surface area contributed by atoms with Gasteiger partial charge in [-0.05, 0) is 70.5 Å². The maximum Gasteiger partial charge on any atom is 0.338 e. The predicted molar refractivity (Wildman–Crippen MR) is 162 cm³/mol. The van der Waals surface area contributed by atoms with Crippen LogP contribution in [0.4, 0.5) is 5.69 Å². The van der Waals surface area contributed by atoms with Crippen LogP contribution in [0.5, 0.6) is 5.75 Å². The van der Waals surface area contributed by atoms with E-state index in [1.54, 1.807) is 13.0 Å². The number of allylic oxidation sites excluding steroid dienone is 1. The SMILES string of the molecule is C=C(C)C(=O)OCCOC(=O)c1ccccc1C1=C2C=CC([NH+](CC)CC)C=C2Oc2cc(N(CC)CC)ccc21. The highest BCUT2D eigenvalue weighted by Gasteiger charge is 2.31. The molecule has 2 aromatic carbocycles. The first-order valence-corrected chi connectivity index (χ1v) is 14.5. The molecule has 0 radical (unpaired) electrons. The maximum absolute atomic E-state index is 13.3. The lowest BCUT2D eigenvalue weighted by Crippen LogP contribution is -3.14. The molecule has 0 saturated heterocycles. The van der Waals surface area contributed by atoms with Crippen LogP contribution in [0, 0.1) is 0 Å². The lowest BCUT2D eigenvalue weighted by molar-refractivity contribution is -0.908. The molecule has 1 unspecified atom stereocenters. The van der Waals surface area contributed by atoms with Crippen LogP contribution in [0.2, 0.25) is 0 Å². The molecule has 0 spiro atoms. The summed E-state index contributed by atoms with van der Waals surface area (Å²) in [5.74, 6) is 0.567. The van der Waals surface area contributed by atoms with Gasteiger partial charge < -0.3 is 24.0 Å². The van der Waals surface area contributed by atoms with E-state index in [-0.39, 0.29) is 19.3 Å². The van der Waals surface area contributed by atoms with E-state index in [9.17, 15) is 9.59 Å². The summed E-state index contributed by atoms with van der Waals surface area (Å²) in [5, 5.41) is 0. The second-order valence-corrected chi connectivity index (χ2v) is 10.1. The predicted octanol–water partition coefficient (Wildman–Crippen LogP) is 4.75. The zero-order chi connectivity index (χ0) is 29.5. The van der Waals surface area contributed by atoms with E-state index in [0.717, 1.165) is 65.6 Å². The highest BCUT2D eigenvalue weighted by Crippen LogP contribution is 2.45. The first-order valence-electron chi connectivity index (χ1n) is 14.5. The molecule has 41 heavy (non-hydrogen) atoms. The van der Waals surface area contributed by atoms with Gasteiger partial charge in [0, 0.05) is 53.2 Å². The van der Waals surface area contributed by atoms with E-state index >= 15 is 0 Å². The fourth-order valence-electron chi connectivity index (χ4n) is 5.35. The lowest BCUT2D eigenvalue weighted by Gasteiger charge is -2.31. The van der Waals surface area contributed by atoms with E-state index in [4.69, 9.17) is 14.2 Å². The van der Waals surface area contributed by atoms with E-state index in [1.165, 1.54) is 4.90 Å². The molecule has 1 N–H and O–H groups in total. The molecule has 216 valence electrons. The lowest BCUT2D eigenvalue weighted by atomic mass is 9.85. The molecule has 1 heterocycles. The van der Waals surface area contributed by atoms with Gasteiger partial charge >= 0.3 is 11.9 Å². The molecular weight excluding hydrogens is 516 g/mol. The first kappa shape index (κ1) is 29.9. The number of benzene rings is 2. The molecule has 2 aliphatic rings. The number of ether oxygens (including phenoxy) is 3. The van der Waals surface area contributed by atoms with Gasteiger partial charge in [0.25, 0.3) is 0 Å². The molecule has 0 aromatic heterocycles. The van der Waals surface area contributed by atoms with E-state index < -0.39 is 11.9 Å². The van der Waals surface area contributed by atoms with Gasteiger partial charge in [-0.15, -0.1) is 0 Å². The van der Waals surface area contributed by atoms with Crippen molar-refractivity contribution in [2.45, 2.75) is 40.7 Å². The molecule has 4 rings (SSSR count). The maximum atomic E-state index is 13.3. The normalized spacial score (nSPS) is 15.5. The molecule has 1 aliphatic carbocycles. The summed E-state index contributed by atoms with van der Waals surface area (Å²) in [7, 11) is 0. The third-order valence-electron chi connectivity index (χ3n) is 7.61. The number of hydrogen-bond donors (Lipinski definition) is 1. The number of esters is 2. The number of fused-ring (bicyclic) bond motifs is 2. The highest BCUT2D eigenvalue weighted by molar-refractivity contribution is 6.01. The summed E-state index contributed by atoms with van der Waals surface area (Å²) in [4.78, 5) is 28.7. The number of carbonyl (C=O) groups is 2. The molecule has 0 fully saturated rings. The molecular formula is C34H41N2O5+. The van der Waals surface area contributed by atoms with Gasteiger partial charge in [-0.25, -0.2) is 9.59 Å².